The molecular weight excluding hydrogens is 174 g/mol. The molecule has 0 spiro atoms. The number of rotatable bonds is 5. The fourth-order valence-electron chi connectivity index (χ4n) is 1.48. The van der Waals surface area contributed by atoms with Gasteiger partial charge in [0.1, 0.15) is 0 Å². The molecule has 3 heteroatoms. The maximum atomic E-state index is 3.89. The first-order valence-electron chi connectivity index (χ1n) is 5.18. The van der Waals surface area contributed by atoms with Gasteiger partial charge in [0.15, 0.2) is 0 Å². The lowest BCUT2D eigenvalue weighted by atomic mass is 9.99. The molecule has 0 fully saturated rings. The second-order valence-electron chi connectivity index (χ2n) is 3.99. The van der Waals surface area contributed by atoms with Crippen molar-refractivity contribution in [3.8, 4) is 0 Å². The van der Waals surface area contributed by atoms with Crippen molar-refractivity contribution in [3.05, 3.63) is 24.0 Å². The van der Waals surface area contributed by atoms with Crippen LogP contribution in [-0.2, 0) is 0 Å². The molecule has 1 N–H and O–H groups in total. The van der Waals surface area contributed by atoms with E-state index in [4.69, 9.17) is 0 Å². The van der Waals surface area contributed by atoms with E-state index in [1.54, 1.807) is 6.20 Å². The van der Waals surface area contributed by atoms with E-state index in [1.165, 1.54) is 12.0 Å². The topological polar surface area (TPSA) is 37.8 Å². The summed E-state index contributed by atoms with van der Waals surface area (Å²) in [6, 6.07) is 2.43. The van der Waals surface area contributed by atoms with Crippen LogP contribution in [0.5, 0.6) is 0 Å². The summed E-state index contributed by atoms with van der Waals surface area (Å²) in [5.41, 5.74) is 1.23. The van der Waals surface area contributed by atoms with Crippen LogP contribution in [0.2, 0.25) is 0 Å². The largest absolute Gasteiger partial charge is 0.313 e. The zero-order chi connectivity index (χ0) is 10.4. The zero-order valence-corrected chi connectivity index (χ0v) is 9.20. The molecule has 1 aromatic heterocycles. The molecule has 1 aromatic rings. The van der Waals surface area contributed by atoms with Crippen LogP contribution >= 0.6 is 0 Å². The van der Waals surface area contributed by atoms with Gasteiger partial charge in [-0.25, -0.2) is 0 Å². The minimum atomic E-state index is 0.410. The minimum Gasteiger partial charge on any atom is -0.313 e. The maximum Gasteiger partial charge on any atom is 0.0544 e. The monoisotopic (exact) mass is 193 g/mol. The summed E-state index contributed by atoms with van der Waals surface area (Å²) in [4.78, 5) is 0. The number of nitrogens with zero attached hydrogens (tertiary/aromatic N) is 2. The Morgan fingerprint density at radius 1 is 1.29 bits per heavy atom. The molecule has 0 aliphatic rings. The van der Waals surface area contributed by atoms with Gasteiger partial charge < -0.3 is 5.32 Å². The van der Waals surface area contributed by atoms with Crippen LogP contribution in [0.4, 0.5) is 0 Å². The molecule has 1 heterocycles. The first-order valence-corrected chi connectivity index (χ1v) is 5.18. The first-order chi connectivity index (χ1) is 6.74. The van der Waals surface area contributed by atoms with E-state index < -0.39 is 0 Å². The van der Waals surface area contributed by atoms with Crippen LogP contribution in [-0.4, -0.2) is 17.2 Å². The van der Waals surface area contributed by atoms with E-state index >= 15 is 0 Å². The van der Waals surface area contributed by atoms with Gasteiger partial charge in [-0.15, -0.1) is 0 Å². The molecule has 0 radical (unpaired) electrons. The smallest absolute Gasteiger partial charge is 0.0544 e. The number of nitrogens with one attached hydrogen (secondary N) is 1. The average molecular weight is 193 g/mol. The molecule has 0 saturated heterocycles. The molecule has 0 saturated carbocycles. The highest BCUT2D eigenvalue weighted by molar-refractivity contribution is 5.10. The Labute approximate surface area is 85.9 Å². The van der Waals surface area contributed by atoms with Crippen LogP contribution in [0, 0.1) is 5.92 Å². The molecule has 0 bridgehead atoms. The zero-order valence-electron chi connectivity index (χ0n) is 9.20. The van der Waals surface area contributed by atoms with Gasteiger partial charge in [-0.2, -0.15) is 10.2 Å². The van der Waals surface area contributed by atoms with Crippen molar-refractivity contribution in [2.45, 2.75) is 32.7 Å². The highest BCUT2D eigenvalue weighted by Gasteiger charge is 2.09. The van der Waals surface area contributed by atoms with Gasteiger partial charge in [-0.05, 0) is 37.4 Å². The summed E-state index contributed by atoms with van der Waals surface area (Å²) < 4.78 is 0. The lowest BCUT2D eigenvalue weighted by Gasteiger charge is -2.16. The Bertz CT molecular complexity index is 246. The van der Waals surface area contributed by atoms with Gasteiger partial charge >= 0.3 is 0 Å². The fraction of sp³-hybridized carbons (Fsp3) is 0.636. The van der Waals surface area contributed by atoms with Gasteiger partial charge in [0, 0.05) is 12.2 Å². The van der Waals surface area contributed by atoms with Crippen molar-refractivity contribution >= 4 is 0 Å². The van der Waals surface area contributed by atoms with Crippen LogP contribution in [0.1, 0.15) is 38.3 Å². The van der Waals surface area contributed by atoms with Crippen molar-refractivity contribution in [1.29, 1.82) is 0 Å². The summed E-state index contributed by atoms with van der Waals surface area (Å²) in [6.45, 7) is 4.50. The number of hydrogen-bond donors (Lipinski definition) is 1. The van der Waals surface area contributed by atoms with Crippen molar-refractivity contribution in [2.75, 3.05) is 7.05 Å². The summed E-state index contributed by atoms with van der Waals surface area (Å²) in [5.74, 6) is 0.751. The second kappa shape index (κ2) is 5.70. The summed E-state index contributed by atoms with van der Waals surface area (Å²) in [5, 5.41) is 11.0. The lowest BCUT2D eigenvalue weighted by Crippen LogP contribution is -2.17. The molecule has 0 aromatic carbocycles. The fourth-order valence-corrected chi connectivity index (χ4v) is 1.48. The predicted molar refractivity (Wildman–Crippen MR) is 57.9 cm³/mol. The van der Waals surface area contributed by atoms with Gasteiger partial charge in [0.25, 0.3) is 0 Å². The highest BCUT2D eigenvalue weighted by Crippen LogP contribution is 2.18. The minimum absolute atomic E-state index is 0.410. The molecule has 0 aliphatic heterocycles. The quantitative estimate of drug-likeness (QED) is 0.778. The second-order valence-corrected chi connectivity index (χ2v) is 3.99. The van der Waals surface area contributed by atoms with Gasteiger partial charge in [-0.3, -0.25) is 0 Å². The Kier molecular flexibility index (Phi) is 4.53. The molecule has 0 amide bonds. The van der Waals surface area contributed by atoms with E-state index in [1.807, 2.05) is 19.3 Å². The third-order valence-electron chi connectivity index (χ3n) is 2.39. The van der Waals surface area contributed by atoms with Crippen LogP contribution in [0.25, 0.3) is 0 Å². The van der Waals surface area contributed by atoms with Gasteiger partial charge in [0.05, 0.1) is 6.20 Å². The average Bonchev–Trinajstić information content (AvgIpc) is 2.20. The Morgan fingerprint density at radius 3 is 2.57 bits per heavy atom. The van der Waals surface area contributed by atoms with Crippen molar-refractivity contribution in [1.82, 2.24) is 15.5 Å². The maximum absolute atomic E-state index is 3.89. The molecule has 1 unspecified atom stereocenters. The van der Waals surface area contributed by atoms with Gasteiger partial charge in [0.2, 0.25) is 0 Å². The van der Waals surface area contributed by atoms with Crippen LogP contribution in [0.3, 0.4) is 0 Å². The predicted octanol–water partition coefficient (Wildman–Crippen LogP) is 2.17. The van der Waals surface area contributed by atoms with Crippen LogP contribution in [0.15, 0.2) is 18.5 Å². The third kappa shape index (κ3) is 3.42. The van der Waals surface area contributed by atoms with E-state index in [-0.39, 0.29) is 0 Å². The number of hydrogen-bond acceptors (Lipinski definition) is 3. The lowest BCUT2D eigenvalue weighted by molar-refractivity contribution is 0.463. The number of aromatic nitrogens is 2. The van der Waals surface area contributed by atoms with Crippen molar-refractivity contribution in [2.24, 2.45) is 5.92 Å². The third-order valence-corrected chi connectivity index (χ3v) is 2.39. The molecule has 78 valence electrons. The normalized spacial score (nSPS) is 13.1. The Morgan fingerprint density at radius 2 is 2.07 bits per heavy atom. The Balaban J connectivity index is 2.54. The molecule has 0 aliphatic carbocycles. The molecule has 1 rings (SSSR count). The van der Waals surface area contributed by atoms with E-state index in [2.05, 4.69) is 29.4 Å². The van der Waals surface area contributed by atoms with Gasteiger partial charge in [-0.1, -0.05) is 13.8 Å². The van der Waals surface area contributed by atoms with E-state index in [9.17, 15) is 0 Å². The highest BCUT2D eigenvalue weighted by atomic mass is 15.1. The Hall–Kier alpha value is -0.960. The van der Waals surface area contributed by atoms with Crippen molar-refractivity contribution < 1.29 is 0 Å². The summed E-state index contributed by atoms with van der Waals surface area (Å²) in [7, 11) is 1.99. The summed E-state index contributed by atoms with van der Waals surface area (Å²) >= 11 is 0. The first kappa shape index (κ1) is 11.1. The molecule has 14 heavy (non-hydrogen) atoms. The van der Waals surface area contributed by atoms with E-state index in [0.29, 0.717) is 6.04 Å². The molecule has 3 nitrogen and oxygen atoms in total. The van der Waals surface area contributed by atoms with Crippen LogP contribution < -0.4 is 5.32 Å². The molecular formula is C11H19N3. The molecule has 1 atom stereocenters. The van der Waals surface area contributed by atoms with E-state index in [0.717, 1.165) is 12.3 Å². The SMILES string of the molecule is CNC(CCC(C)C)c1ccnnc1. The summed E-state index contributed by atoms with van der Waals surface area (Å²) in [6.07, 6.45) is 5.96. The standard InChI is InChI=1S/C11H19N3/c1-9(2)4-5-11(12-3)10-6-7-13-14-8-10/h6-9,11-12H,4-5H2,1-3H3. The van der Waals surface area contributed by atoms with Crippen molar-refractivity contribution in [3.63, 3.8) is 0 Å².